The molecule has 1 atom stereocenters. The van der Waals surface area contributed by atoms with E-state index < -0.39 is 29.8 Å². The first-order valence-corrected chi connectivity index (χ1v) is 6.17. The summed E-state index contributed by atoms with van der Waals surface area (Å²) >= 11 is 0. The lowest BCUT2D eigenvalue weighted by atomic mass is 10.2. The second-order valence-electron chi connectivity index (χ2n) is 4.58. The van der Waals surface area contributed by atoms with Crippen molar-refractivity contribution >= 4 is 12.1 Å². The van der Waals surface area contributed by atoms with Gasteiger partial charge in [-0.05, 0) is 37.1 Å². The summed E-state index contributed by atoms with van der Waals surface area (Å²) in [5.41, 5.74) is -0.852. The van der Waals surface area contributed by atoms with E-state index in [2.05, 4.69) is 0 Å². The van der Waals surface area contributed by atoms with Gasteiger partial charge in [0.25, 0.3) is 0 Å². The van der Waals surface area contributed by atoms with E-state index in [9.17, 15) is 22.8 Å². The molecule has 21 heavy (non-hydrogen) atoms. The van der Waals surface area contributed by atoms with E-state index in [0.29, 0.717) is 12.8 Å². The van der Waals surface area contributed by atoms with E-state index in [0.717, 1.165) is 29.2 Å². The second kappa shape index (κ2) is 5.63. The van der Waals surface area contributed by atoms with Gasteiger partial charge < -0.3 is 9.84 Å². The first-order valence-electron chi connectivity index (χ1n) is 6.17. The van der Waals surface area contributed by atoms with E-state index in [4.69, 9.17) is 9.84 Å². The summed E-state index contributed by atoms with van der Waals surface area (Å²) in [4.78, 5) is 23.7. The largest absolute Gasteiger partial charge is 0.465 e. The Labute approximate surface area is 117 Å². The number of halogens is 3. The molecule has 1 aromatic carbocycles. The maximum atomic E-state index is 12.4. The van der Waals surface area contributed by atoms with Crippen molar-refractivity contribution in [1.29, 1.82) is 0 Å². The predicted octanol–water partition coefficient (Wildman–Crippen LogP) is 2.75. The molecule has 1 aromatic rings. The number of carbonyl (C=O) groups is 2. The minimum Gasteiger partial charge on any atom is -0.465 e. The summed E-state index contributed by atoms with van der Waals surface area (Å²) in [6, 6.07) is 2.74. The number of carbonyl (C=O) groups excluding carboxylic acids is 1. The molecule has 1 aliphatic rings. The van der Waals surface area contributed by atoms with Crippen molar-refractivity contribution in [2.45, 2.75) is 25.1 Å². The average Bonchev–Trinajstić information content (AvgIpc) is 2.87. The van der Waals surface area contributed by atoms with Crippen molar-refractivity contribution in [2.24, 2.45) is 0 Å². The fraction of sp³-hybridized carbons (Fsp3) is 0.385. The number of nitrogens with zero attached hydrogens (tertiary/aromatic N) is 1. The number of hydrogen-bond donors (Lipinski definition) is 1. The Hall–Kier alpha value is -2.25. The van der Waals surface area contributed by atoms with Crippen molar-refractivity contribution < 1.29 is 32.6 Å². The number of esters is 1. The molecule has 1 fully saturated rings. The monoisotopic (exact) mass is 303 g/mol. The lowest BCUT2D eigenvalue weighted by Gasteiger charge is -2.19. The third kappa shape index (κ3) is 3.45. The molecule has 1 heterocycles. The highest BCUT2D eigenvalue weighted by Gasteiger charge is 2.35. The zero-order valence-electron chi connectivity index (χ0n) is 10.8. The lowest BCUT2D eigenvalue weighted by molar-refractivity contribution is -0.138. The molecular formula is C13H12F3NO4. The van der Waals surface area contributed by atoms with Crippen LogP contribution in [0.5, 0.6) is 5.75 Å². The Balaban J connectivity index is 2.04. The van der Waals surface area contributed by atoms with Crippen molar-refractivity contribution in [3.63, 3.8) is 0 Å². The number of benzene rings is 1. The standard InChI is InChI=1S/C13H12F3NO4/c14-13(15,16)8-3-5-9(6-4-8)21-11(18)10-2-1-7-17(10)12(19)20/h3-6,10H,1-2,7H2,(H,19,20). The van der Waals surface area contributed by atoms with Gasteiger partial charge in [-0.3, -0.25) is 4.90 Å². The van der Waals surface area contributed by atoms with Gasteiger partial charge in [0.2, 0.25) is 0 Å². The third-order valence-electron chi connectivity index (χ3n) is 3.17. The molecule has 0 aliphatic carbocycles. The first kappa shape index (κ1) is 15.1. The summed E-state index contributed by atoms with van der Waals surface area (Å²) in [6.07, 6.45) is -4.80. The van der Waals surface area contributed by atoms with E-state index in [1.165, 1.54) is 0 Å². The molecule has 0 bridgehead atoms. The second-order valence-corrected chi connectivity index (χ2v) is 4.58. The molecule has 0 spiro atoms. The lowest BCUT2D eigenvalue weighted by Crippen LogP contribution is -2.41. The predicted molar refractivity (Wildman–Crippen MR) is 64.8 cm³/mol. The topological polar surface area (TPSA) is 66.8 Å². The van der Waals surface area contributed by atoms with Crippen molar-refractivity contribution in [1.82, 2.24) is 4.90 Å². The number of ether oxygens (including phenoxy) is 1. The number of amides is 1. The number of rotatable bonds is 2. The van der Waals surface area contributed by atoms with Crippen LogP contribution in [-0.4, -0.2) is 34.7 Å². The highest BCUT2D eigenvalue weighted by Crippen LogP contribution is 2.30. The molecule has 1 N–H and O–H groups in total. The van der Waals surface area contributed by atoms with Gasteiger partial charge in [0, 0.05) is 6.54 Å². The van der Waals surface area contributed by atoms with Gasteiger partial charge >= 0.3 is 18.2 Å². The smallest absolute Gasteiger partial charge is 0.416 e. The van der Waals surface area contributed by atoms with Gasteiger partial charge in [0.15, 0.2) is 0 Å². The van der Waals surface area contributed by atoms with Gasteiger partial charge in [0.1, 0.15) is 11.8 Å². The maximum Gasteiger partial charge on any atom is 0.416 e. The van der Waals surface area contributed by atoms with Crippen LogP contribution in [-0.2, 0) is 11.0 Å². The zero-order chi connectivity index (χ0) is 15.6. The Bertz CT molecular complexity index is 541. The van der Waals surface area contributed by atoms with Crippen LogP contribution in [0.1, 0.15) is 18.4 Å². The molecule has 8 heteroatoms. The zero-order valence-corrected chi connectivity index (χ0v) is 10.8. The molecular weight excluding hydrogens is 291 g/mol. The number of carboxylic acid groups (broad SMARTS) is 1. The molecule has 1 unspecified atom stereocenters. The van der Waals surface area contributed by atoms with Gasteiger partial charge in [-0.2, -0.15) is 13.2 Å². The first-order chi connectivity index (χ1) is 9.79. The van der Waals surface area contributed by atoms with Gasteiger partial charge in [-0.15, -0.1) is 0 Å². The van der Waals surface area contributed by atoms with Crippen LogP contribution in [0.2, 0.25) is 0 Å². The summed E-state index contributed by atoms with van der Waals surface area (Å²) < 4.78 is 42.1. The SMILES string of the molecule is O=C(Oc1ccc(C(F)(F)F)cc1)C1CCCN1C(=O)O. The molecule has 0 aromatic heterocycles. The molecule has 0 radical (unpaired) electrons. The highest BCUT2D eigenvalue weighted by atomic mass is 19.4. The molecule has 1 saturated heterocycles. The Morgan fingerprint density at radius 3 is 2.38 bits per heavy atom. The normalized spacial score (nSPS) is 18.6. The van der Waals surface area contributed by atoms with E-state index in [1.807, 2.05) is 0 Å². The van der Waals surface area contributed by atoms with Gasteiger partial charge in [-0.1, -0.05) is 0 Å². The fourth-order valence-electron chi connectivity index (χ4n) is 2.14. The summed E-state index contributed by atoms with van der Waals surface area (Å²) in [6.45, 7) is 0.238. The molecule has 0 saturated carbocycles. The highest BCUT2D eigenvalue weighted by molar-refractivity contribution is 5.83. The van der Waals surface area contributed by atoms with Crippen molar-refractivity contribution in [2.75, 3.05) is 6.54 Å². The third-order valence-corrected chi connectivity index (χ3v) is 3.17. The van der Waals surface area contributed by atoms with Gasteiger partial charge in [0.05, 0.1) is 5.56 Å². The minimum atomic E-state index is -4.46. The van der Waals surface area contributed by atoms with Crippen LogP contribution >= 0.6 is 0 Å². The van der Waals surface area contributed by atoms with Crippen molar-refractivity contribution in [3.8, 4) is 5.75 Å². The Morgan fingerprint density at radius 1 is 1.24 bits per heavy atom. The number of hydrogen-bond acceptors (Lipinski definition) is 3. The van der Waals surface area contributed by atoms with Crippen LogP contribution in [0.15, 0.2) is 24.3 Å². The molecule has 114 valence electrons. The fourth-order valence-corrected chi connectivity index (χ4v) is 2.14. The van der Waals surface area contributed by atoms with Crippen LogP contribution in [0.4, 0.5) is 18.0 Å². The summed E-state index contributed by atoms with van der Waals surface area (Å²) in [5.74, 6) is -0.833. The minimum absolute atomic E-state index is 0.0507. The quantitative estimate of drug-likeness (QED) is 0.674. The number of alkyl halides is 3. The average molecular weight is 303 g/mol. The van der Waals surface area contributed by atoms with E-state index in [1.54, 1.807) is 0 Å². The van der Waals surface area contributed by atoms with Crippen LogP contribution in [0.3, 0.4) is 0 Å². The van der Waals surface area contributed by atoms with Crippen molar-refractivity contribution in [3.05, 3.63) is 29.8 Å². The maximum absolute atomic E-state index is 12.4. The Kier molecular flexibility index (Phi) is 4.06. The molecule has 5 nitrogen and oxygen atoms in total. The van der Waals surface area contributed by atoms with E-state index >= 15 is 0 Å². The van der Waals surface area contributed by atoms with Crippen LogP contribution in [0.25, 0.3) is 0 Å². The Morgan fingerprint density at radius 2 is 1.86 bits per heavy atom. The molecule has 2 rings (SSSR count). The molecule has 1 aliphatic heterocycles. The van der Waals surface area contributed by atoms with Crippen LogP contribution < -0.4 is 4.74 Å². The summed E-state index contributed by atoms with van der Waals surface area (Å²) in [7, 11) is 0. The van der Waals surface area contributed by atoms with E-state index in [-0.39, 0.29) is 12.3 Å². The number of likely N-dealkylation sites (tertiary alicyclic amines) is 1. The summed E-state index contributed by atoms with van der Waals surface area (Å²) in [5, 5.41) is 8.92. The van der Waals surface area contributed by atoms with Gasteiger partial charge in [-0.25, -0.2) is 9.59 Å². The molecule has 1 amide bonds. The van der Waals surface area contributed by atoms with Crippen LogP contribution in [0, 0.1) is 0 Å².